The first kappa shape index (κ1) is 29.7. The maximum atomic E-state index is 13.4. The number of methoxy groups -OCH3 is 1. The molecule has 1 unspecified atom stereocenters. The van der Waals surface area contributed by atoms with Crippen molar-refractivity contribution in [1.29, 1.82) is 0 Å². The van der Waals surface area contributed by atoms with E-state index in [0.717, 1.165) is 33.4 Å². The van der Waals surface area contributed by atoms with Gasteiger partial charge in [0.1, 0.15) is 30.8 Å². The second kappa shape index (κ2) is 14.9. The first-order chi connectivity index (χ1) is 20.0. The fraction of sp³-hybridized carbons (Fsp3) is 0.235. The van der Waals surface area contributed by atoms with Gasteiger partial charge in [-0.15, -0.1) is 11.6 Å². The van der Waals surface area contributed by atoms with Crippen LogP contribution in [0.15, 0.2) is 97.1 Å². The van der Waals surface area contributed by atoms with Gasteiger partial charge in [-0.2, -0.15) is 0 Å². The summed E-state index contributed by atoms with van der Waals surface area (Å²) in [5.41, 5.74) is 5.41. The number of carbonyl (C=O) groups is 2. The summed E-state index contributed by atoms with van der Waals surface area (Å²) in [5, 5.41) is 2.72. The van der Waals surface area contributed by atoms with Crippen LogP contribution in [0.5, 0.6) is 11.5 Å². The second-order valence-electron chi connectivity index (χ2n) is 9.45. The van der Waals surface area contributed by atoms with Crippen molar-refractivity contribution in [1.82, 2.24) is 5.32 Å². The normalized spacial score (nSPS) is 11.4. The van der Waals surface area contributed by atoms with E-state index in [1.54, 1.807) is 0 Å². The van der Waals surface area contributed by atoms with Crippen LogP contribution in [0.3, 0.4) is 0 Å². The van der Waals surface area contributed by atoms with Crippen molar-refractivity contribution in [3.8, 4) is 22.6 Å². The minimum Gasteiger partial charge on any atom is -0.488 e. The molecule has 1 amide bonds. The lowest BCUT2D eigenvalue weighted by Gasteiger charge is -2.23. The molecule has 0 aliphatic heterocycles. The van der Waals surface area contributed by atoms with E-state index in [2.05, 4.69) is 5.32 Å². The Bertz CT molecular complexity index is 1430. The summed E-state index contributed by atoms with van der Waals surface area (Å²) in [6, 6.07) is 30.6. The van der Waals surface area contributed by atoms with Crippen LogP contribution >= 0.6 is 11.6 Å². The van der Waals surface area contributed by atoms with E-state index < -0.39 is 12.0 Å². The summed E-state index contributed by atoms with van der Waals surface area (Å²) in [6.07, 6.45) is 0.601. The third kappa shape index (κ3) is 7.89. The van der Waals surface area contributed by atoms with Crippen molar-refractivity contribution < 1.29 is 23.8 Å². The minimum absolute atomic E-state index is 0.0119. The topological polar surface area (TPSA) is 73.9 Å². The van der Waals surface area contributed by atoms with Gasteiger partial charge in [-0.25, -0.2) is 4.79 Å². The third-order valence-electron chi connectivity index (χ3n) is 6.67. The summed E-state index contributed by atoms with van der Waals surface area (Å²) in [5.74, 6) is 0.186. The molecule has 0 bridgehead atoms. The number of benzene rings is 4. The molecule has 1 N–H and O–H groups in total. The number of hydrogen-bond donors (Lipinski definition) is 1. The average Bonchev–Trinajstić information content (AvgIpc) is 3.02. The SMILES string of the molecule is CCc1c(OCc2ccccc2)cc(OCc2ccccc2)c(-c2ccccc2)c1CC(=O)NC(CCl)C(=O)OC. The van der Waals surface area contributed by atoms with Gasteiger partial charge in [0, 0.05) is 11.6 Å². The molecule has 0 aromatic heterocycles. The highest BCUT2D eigenvalue weighted by Crippen LogP contribution is 2.42. The van der Waals surface area contributed by atoms with Gasteiger partial charge in [0.05, 0.1) is 19.4 Å². The van der Waals surface area contributed by atoms with E-state index in [-0.39, 0.29) is 18.2 Å². The summed E-state index contributed by atoms with van der Waals surface area (Å²) in [7, 11) is 1.26. The van der Waals surface area contributed by atoms with Crippen molar-refractivity contribution >= 4 is 23.5 Å². The summed E-state index contributed by atoms with van der Waals surface area (Å²) >= 11 is 5.97. The zero-order valence-electron chi connectivity index (χ0n) is 23.3. The summed E-state index contributed by atoms with van der Waals surface area (Å²) in [4.78, 5) is 25.5. The zero-order valence-corrected chi connectivity index (χ0v) is 24.0. The number of halogens is 1. The molecule has 0 fully saturated rings. The van der Waals surface area contributed by atoms with E-state index in [4.69, 9.17) is 25.8 Å². The van der Waals surface area contributed by atoms with E-state index in [9.17, 15) is 9.59 Å². The van der Waals surface area contributed by atoms with Crippen LogP contribution < -0.4 is 14.8 Å². The standard InChI is InChI=1S/C34H34ClNO5/c1-3-27-28(19-32(37)36-29(21-35)34(38)39-2)33(26-17-11-6-12-18-26)31(41-23-25-15-9-5-10-16-25)20-30(27)40-22-24-13-7-4-8-14-24/h4-18,20,29H,3,19,21-23H2,1-2H3,(H,36,37). The Morgan fingerprint density at radius 3 is 1.83 bits per heavy atom. The Balaban J connectivity index is 1.80. The van der Waals surface area contributed by atoms with Crippen molar-refractivity contribution in [3.05, 3.63) is 119 Å². The lowest BCUT2D eigenvalue weighted by molar-refractivity contribution is -0.144. The summed E-state index contributed by atoms with van der Waals surface area (Å²) in [6.45, 7) is 2.73. The predicted molar refractivity (Wildman–Crippen MR) is 161 cm³/mol. The van der Waals surface area contributed by atoms with Crippen LogP contribution in [0.2, 0.25) is 0 Å². The van der Waals surface area contributed by atoms with Gasteiger partial charge in [-0.1, -0.05) is 97.9 Å². The average molecular weight is 572 g/mol. The minimum atomic E-state index is -0.953. The molecular weight excluding hydrogens is 538 g/mol. The highest BCUT2D eigenvalue weighted by molar-refractivity contribution is 6.20. The monoisotopic (exact) mass is 571 g/mol. The second-order valence-corrected chi connectivity index (χ2v) is 9.76. The largest absolute Gasteiger partial charge is 0.488 e. The van der Waals surface area contributed by atoms with Crippen LogP contribution in [0.25, 0.3) is 11.1 Å². The molecule has 212 valence electrons. The number of alkyl halides is 1. The van der Waals surface area contributed by atoms with E-state index in [1.807, 2.05) is 104 Å². The predicted octanol–water partition coefficient (Wildman–Crippen LogP) is 6.51. The molecule has 4 aromatic carbocycles. The van der Waals surface area contributed by atoms with Crippen LogP contribution in [-0.2, 0) is 40.4 Å². The first-order valence-electron chi connectivity index (χ1n) is 13.5. The summed E-state index contributed by atoms with van der Waals surface area (Å²) < 4.78 is 17.6. The van der Waals surface area contributed by atoms with Crippen LogP contribution in [0.4, 0.5) is 0 Å². The van der Waals surface area contributed by atoms with Gasteiger partial charge in [-0.05, 0) is 34.2 Å². The fourth-order valence-electron chi connectivity index (χ4n) is 4.65. The van der Waals surface area contributed by atoms with Crippen molar-refractivity contribution in [3.63, 3.8) is 0 Å². The molecular formula is C34H34ClNO5. The number of ether oxygens (including phenoxy) is 3. The van der Waals surface area contributed by atoms with Gasteiger partial charge in [0.25, 0.3) is 0 Å². The zero-order chi connectivity index (χ0) is 29.0. The third-order valence-corrected chi connectivity index (χ3v) is 6.98. The Hall–Kier alpha value is -4.29. The van der Waals surface area contributed by atoms with E-state index >= 15 is 0 Å². The van der Waals surface area contributed by atoms with Gasteiger partial charge < -0.3 is 19.5 Å². The maximum Gasteiger partial charge on any atom is 0.329 e. The van der Waals surface area contributed by atoms with Gasteiger partial charge in [0.15, 0.2) is 0 Å². The molecule has 1 atom stereocenters. The molecule has 4 rings (SSSR count). The highest BCUT2D eigenvalue weighted by Gasteiger charge is 2.25. The van der Waals surface area contributed by atoms with Crippen LogP contribution in [0.1, 0.15) is 29.2 Å². The first-order valence-corrected chi connectivity index (χ1v) is 14.1. The van der Waals surface area contributed by atoms with Crippen LogP contribution in [-0.4, -0.2) is 30.9 Å². The quantitative estimate of drug-likeness (QED) is 0.146. The molecule has 6 nitrogen and oxygen atoms in total. The fourth-order valence-corrected chi connectivity index (χ4v) is 4.86. The number of nitrogens with one attached hydrogen (secondary N) is 1. The Kier molecular flexibility index (Phi) is 10.8. The molecule has 0 aliphatic carbocycles. The van der Waals surface area contributed by atoms with E-state index in [0.29, 0.717) is 31.1 Å². The van der Waals surface area contributed by atoms with Gasteiger partial charge in [-0.3, -0.25) is 4.79 Å². The molecule has 0 spiro atoms. The maximum absolute atomic E-state index is 13.4. The van der Waals surface area contributed by atoms with Crippen molar-refractivity contribution in [2.45, 2.75) is 39.0 Å². The Morgan fingerprint density at radius 1 is 0.780 bits per heavy atom. The number of esters is 1. The molecule has 7 heteroatoms. The van der Waals surface area contributed by atoms with Gasteiger partial charge >= 0.3 is 5.97 Å². The number of amides is 1. The van der Waals surface area contributed by atoms with Crippen molar-refractivity contribution in [2.24, 2.45) is 0 Å². The molecule has 0 radical (unpaired) electrons. The molecule has 0 heterocycles. The number of rotatable bonds is 13. The lowest BCUT2D eigenvalue weighted by atomic mass is 9.90. The molecule has 0 saturated heterocycles. The van der Waals surface area contributed by atoms with Gasteiger partial charge in [0.2, 0.25) is 5.91 Å². The lowest BCUT2D eigenvalue weighted by Crippen LogP contribution is -2.43. The molecule has 0 saturated carbocycles. The van der Waals surface area contributed by atoms with Crippen LogP contribution in [0, 0.1) is 0 Å². The Morgan fingerprint density at radius 2 is 1.32 bits per heavy atom. The number of carbonyl (C=O) groups excluding carboxylic acids is 2. The Labute approximate surface area is 246 Å². The molecule has 41 heavy (non-hydrogen) atoms. The number of hydrogen-bond acceptors (Lipinski definition) is 5. The molecule has 4 aromatic rings. The highest BCUT2D eigenvalue weighted by atomic mass is 35.5. The molecule has 0 aliphatic rings. The smallest absolute Gasteiger partial charge is 0.329 e. The van der Waals surface area contributed by atoms with E-state index in [1.165, 1.54) is 7.11 Å². The van der Waals surface area contributed by atoms with Crippen molar-refractivity contribution in [2.75, 3.05) is 13.0 Å².